The number of carbonyl (C=O) groups is 1. The number of aromatic nitrogens is 10. The summed E-state index contributed by atoms with van der Waals surface area (Å²) in [5.74, 6) is -0.131. The van der Waals surface area contributed by atoms with Crippen LogP contribution in [0.25, 0.3) is 22.4 Å². The summed E-state index contributed by atoms with van der Waals surface area (Å²) in [4.78, 5) is 57.6. The van der Waals surface area contributed by atoms with Crippen LogP contribution in [0.2, 0.25) is 0 Å². The van der Waals surface area contributed by atoms with E-state index in [4.69, 9.17) is 4.52 Å². The van der Waals surface area contributed by atoms with Gasteiger partial charge in [-0.15, -0.1) is 0 Å². The Morgan fingerprint density at radius 1 is 1.18 bits per heavy atom. The average Bonchev–Trinajstić information content (AvgIpc) is 3.77. The summed E-state index contributed by atoms with van der Waals surface area (Å²) in [5.41, 5.74) is -0.303. The van der Waals surface area contributed by atoms with Crippen LogP contribution in [-0.2, 0) is 13.6 Å². The first-order valence-corrected chi connectivity index (χ1v) is 13.5. The maximum absolute atomic E-state index is 13.5. The van der Waals surface area contributed by atoms with Gasteiger partial charge in [-0.25, -0.2) is 24.5 Å². The van der Waals surface area contributed by atoms with Gasteiger partial charge in [-0.2, -0.15) is 13.2 Å². The van der Waals surface area contributed by atoms with Crippen LogP contribution >= 0.6 is 0 Å². The normalized spacial score (nSPS) is 16.1. The maximum Gasteiger partial charge on any atom is 0.408 e. The number of anilines is 1. The van der Waals surface area contributed by atoms with Crippen LogP contribution in [-0.4, -0.2) is 68.6 Å². The molecule has 1 aliphatic heterocycles. The van der Waals surface area contributed by atoms with Gasteiger partial charge >= 0.3 is 24.1 Å². The van der Waals surface area contributed by atoms with Crippen molar-refractivity contribution in [3.63, 3.8) is 0 Å². The van der Waals surface area contributed by atoms with E-state index >= 15 is 0 Å². The molecule has 0 saturated carbocycles. The van der Waals surface area contributed by atoms with Crippen molar-refractivity contribution in [2.75, 3.05) is 11.4 Å². The van der Waals surface area contributed by atoms with Crippen LogP contribution in [0.3, 0.4) is 0 Å². The van der Waals surface area contributed by atoms with E-state index in [0.29, 0.717) is 23.4 Å². The largest absolute Gasteiger partial charge is 0.408 e. The topological polar surface area (TPSA) is 164 Å². The van der Waals surface area contributed by atoms with Gasteiger partial charge in [0.15, 0.2) is 23.1 Å². The molecular weight excluding hydrogens is 587 g/mol. The number of aryl methyl sites for hydroxylation is 2. The van der Waals surface area contributed by atoms with Crippen molar-refractivity contribution >= 4 is 23.0 Å². The second-order valence-electron chi connectivity index (χ2n) is 10.4. The van der Waals surface area contributed by atoms with E-state index < -0.39 is 35.4 Å². The zero-order chi connectivity index (χ0) is 31.3. The van der Waals surface area contributed by atoms with Crippen molar-refractivity contribution in [2.45, 2.75) is 51.5 Å². The standard InChI is InChI=1S/C26H25F3N11O4/c1-14-7-17(35-44-14)11-38-23(42)20-21(36(3)25(38)43)33-13-39(20)15(2)22(41)40-12-30-10-18(34-40)16-8-31-24(32-9-16)37-6-4-5-19(37)26(27,28)29/h7-10,12-13,15,19H,4-6,11H2,1-3H3/q+1/t15-,19-/m0/s1. The SMILES string of the molecule is Cc1cc(Cn2c(=O)c3c(ncn3[C@@H](C)C(=O)[n+]3cncc(-c4cnc(N5CCC[C@H]5C(F)(F)F)nc4)n3)n(C)c2=O)no1. The maximum atomic E-state index is 13.5. The number of hydrogen-bond acceptors (Lipinski definition) is 11. The Morgan fingerprint density at radius 2 is 1.93 bits per heavy atom. The zero-order valence-electron chi connectivity index (χ0n) is 23.6. The molecule has 6 heterocycles. The van der Waals surface area contributed by atoms with E-state index in [1.807, 2.05) is 0 Å². The number of rotatable bonds is 6. The van der Waals surface area contributed by atoms with Gasteiger partial charge in [-0.1, -0.05) is 19.9 Å². The average molecular weight is 613 g/mol. The van der Waals surface area contributed by atoms with Crippen LogP contribution in [0.5, 0.6) is 0 Å². The molecule has 15 nitrogen and oxygen atoms in total. The molecule has 44 heavy (non-hydrogen) atoms. The minimum Gasteiger partial charge on any atom is -0.361 e. The third kappa shape index (κ3) is 5.01. The van der Waals surface area contributed by atoms with Crippen LogP contribution in [0.4, 0.5) is 19.1 Å². The molecule has 228 valence electrons. The molecule has 2 atom stereocenters. The minimum atomic E-state index is -4.40. The number of nitrogens with zero attached hydrogens (tertiary/aromatic N) is 11. The summed E-state index contributed by atoms with van der Waals surface area (Å²) in [6.45, 7) is 3.25. The monoisotopic (exact) mass is 612 g/mol. The minimum absolute atomic E-state index is 0.0148. The van der Waals surface area contributed by atoms with Gasteiger partial charge < -0.3 is 14.0 Å². The predicted octanol–water partition coefficient (Wildman–Crippen LogP) is 1.21. The van der Waals surface area contributed by atoms with Crippen LogP contribution in [0.15, 0.2) is 51.4 Å². The summed E-state index contributed by atoms with van der Waals surface area (Å²) in [7, 11) is 1.46. The molecule has 0 aromatic carbocycles. The molecule has 5 aromatic rings. The highest BCUT2D eigenvalue weighted by Gasteiger charge is 2.46. The van der Waals surface area contributed by atoms with Crippen LogP contribution in [0, 0.1) is 6.92 Å². The third-order valence-electron chi connectivity index (χ3n) is 7.46. The Bertz CT molecular complexity index is 2000. The molecule has 0 radical (unpaired) electrons. The van der Waals surface area contributed by atoms with Gasteiger partial charge in [-0.3, -0.25) is 13.9 Å². The van der Waals surface area contributed by atoms with E-state index in [0.717, 1.165) is 14.1 Å². The zero-order valence-corrected chi connectivity index (χ0v) is 23.6. The third-order valence-corrected chi connectivity index (χ3v) is 7.46. The number of alkyl halides is 3. The predicted molar refractivity (Wildman–Crippen MR) is 145 cm³/mol. The van der Waals surface area contributed by atoms with Crippen molar-refractivity contribution in [1.29, 1.82) is 0 Å². The second kappa shape index (κ2) is 10.8. The van der Waals surface area contributed by atoms with Crippen molar-refractivity contribution in [1.82, 2.24) is 43.9 Å². The molecule has 6 rings (SSSR count). The summed E-state index contributed by atoms with van der Waals surface area (Å²) in [6, 6.07) is -1.06. The molecular formula is C26H25F3N11O4+. The Hall–Kier alpha value is -5.29. The molecule has 18 heteroatoms. The molecule has 0 bridgehead atoms. The van der Waals surface area contributed by atoms with Gasteiger partial charge in [0, 0.05) is 37.6 Å². The Labute approximate surface area is 245 Å². The molecule has 5 aromatic heterocycles. The van der Waals surface area contributed by atoms with E-state index in [1.165, 1.54) is 54.4 Å². The number of carbonyl (C=O) groups excluding carboxylic acids is 1. The lowest BCUT2D eigenvalue weighted by Crippen LogP contribution is -2.50. The molecule has 0 aliphatic carbocycles. The van der Waals surface area contributed by atoms with Gasteiger partial charge in [0.25, 0.3) is 5.56 Å². The Kier molecular flexibility index (Phi) is 7.05. The van der Waals surface area contributed by atoms with Crippen molar-refractivity contribution < 1.29 is 27.2 Å². The quantitative estimate of drug-likeness (QED) is 0.253. The molecule has 0 N–H and O–H groups in total. The molecule has 0 spiro atoms. The Balaban J connectivity index is 1.29. The highest BCUT2D eigenvalue weighted by Crippen LogP contribution is 2.34. The molecule has 1 saturated heterocycles. The van der Waals surface area contributed by atoms with Gasteiger partial charge in [0.1, 0.15) is 23.5 Å². The van der Waals surface area contributed by atoms with Crippen molar-refractivity contribution in [3.05, 3.63) is 69.6 Å². The molecule has 0 amide bonds. The van der Waals surface area contributed by atoms with Crippen LogP contribution < -0.4 is 20.8 Å². The fraction of sp³-hybridized carbons (Fsp3) is 0.385. The van der Waals surface area contributed by atoms with Crippen molar-refractivity contribution in [3.8, 4) is 11.3 Å². The summed E-state index contributed by atoms with van der Waals surface area (Å²) >= 11 is 0. The first-order chi connectivity index (χ1) is 20.9. The lowest BCUT2D eigenvalue weighted by atomic mass is 10.2. The van der Waals surface area contributed by atoms with Gasteiger partial charge in [0.2, 0.25) is 5.95 Å². The van der Waals surface area contributed by atoms with Crippen molar-refractivity contribution in [2.24, 2.45) is 7.05 Å². The smallest absolute Gasteiger partial charge is 0.361 e. The number of imidazole rings is 1. The van der Waals surface area contributed by atoms with E-state index in [2.05, 4.69) is 30.2 Å². The van der Waals surface area contributed by atoms with E-state index in [-0.39, 0.29) is 42.3 Å². The highest BCUT2D eigenvalue weighted by molar-refractivity contribution is 5.76. The number of hydrogen-bond donors (Lipinski definition) is 0. The first kappa shape index (κ1) is 28.8. The summed E-state index contributed by atoms with van der Waals surface area (Å²) in [6.07, 6.45) is 2.40. The highest BCUT2D eigenvalue weighted by atomic mass is 19.4. The molecule has 0 unspecified atom stereocenters. The number of fused-ring (bicyclic) bond motifs is 1. The van der Waals surface area contributed by atoms with E-state index in [9.17, 15) is 27.6 Å². The lowest BCUT2D eigenvalue weighted by Gasteiger charge is -2.26. The lowest BCUT2D eigenvalue weighted by molar-refractivity contribution is -0.641. The fourth-order valence-corrected chi connectivity index (χ4v) is 5.21. The Morgan fingerprint density at radius 3 is 2.61 bits per heavy atom. The van der Waals surface area contributed by atoms with Crippen LogP contribution in [0.1, 0.15) is 42.1 Å². The number of halogens is 3. The summed E-state index contributed by atoms with van der Waals surface area (Å²) in [5, 5.41) is 8.16. The fourth-order valence-electron chi connectivity index (χ4n) is 5.21. The summed E-state index contributed by atoms with van der Waals surface area (Å²) < 4.78 is 49.7. The van der Waals surface area contributed by atoms with Gasteiger partial charge in [-0.05, 0) is 26.7 Å². The first-order valence-electron chi connectivity index (χ1n) is 13.5. The second-order valence-corrected chi connectivity index (χ2v) is 10.4. The molecule has 1 aliphatic rings. The van der Waals surface area contributed by atoms with E-state index in [1.54, 1.807) is 13.0 Å². The van der Waals surface area contributed by atoms with Gasteiger partial charge in [0.05, 0.1) is 12.9 Å². The molecule has 1 fully saturated rings.